The third-order valence-corrected chi connectivity index (χ3v) is 3.91. The Kier molecular flexibility index (Phi) is 8.50. The van der Waals surface area contributed by atoms with E-state index in [-0.39, 0.29) is 0 Å². The van der Waals surface area contributed by atoms with Gasteiger partial charge in [0.1, 0.15) is 11.0 Å². The largest absolute Gasteiger partial charge is 0.309 e. The Labute approximate surface area is 132 Å². The van der Waals surface area contributed by atoms with Gasteiger partial charge >= 0.3 is 0 Å². The molecule has 3 nitrogen and oxygen atoms in total. The summed E-state index contributed by atoms with van der Waals surface area (Å²) < 4.78 is 14.8. The van der Waals surface area contributed by atoms with E-state index in [0.717, 1.165) is 31.5 Å². The van der Waals surface area contributed by atoms with E-state index in [0.29, 0.717) is 5.92 Å². The van der Waals surface area contributed by atoms with E-state index < -0.39 is 11.0 Å². The van der Waals surface area contributed by atoms with Gasteiger partial charge in [0.25, 0.3) is 0 Å². The van der Waals surface area contributed by atoms with Crippen LogP contribution in [0, 0.1) is 5.92 Å². The first-order valence-electron chi connectivity index (χ1n) is 7.53. The molecular weight excluding hydrogens is 280 g/mol. The summed E-state index contributed by atoms with van der Waals surface area (Å²) in [6.07, 6.45) is 4.01. The van der Waals surface area contributed by atoms with Crippen LogP contribution < -0.4 is 4.72 Å². The fraction of sp³-hybridized carbons (Fsp3) is 0.529. The second kappa shape index (κ2) is 9.87. The van der Waals surface area contributed by atoms with Crippen LogP contribution in [0.15, 0.2) is 29.7 Å². The Morgan fingerprint density at radius 2 is 1.90 bits per heavy atom. The van der Waals surface area contributed by atoms with Crippen molar-refractivity contribution in [2.24, 2.45) is 5.92 Å². The Balaban J connectivity index is 2.36. The van der Waals surface area contributed by atoms with Crippen molar-refractivity contribution in [2.75, 3.05) is 27.2 Å². The standard InChI is InChI=1S/C17H28N2OS/c1-15(2)14-17-8-6-16(7-9-17)10-13-21(20)18-11-5-12-19(3)4/h6-10,13,15,18H,5,11-12,14H2,1-4H3/b13-10+. The first-order valence-corrected chi connectivity index (χ1v) is 8.74. The maximum atomic E-state index is 11.8. The van der Waals surface area contributed by atoms with Crippen molar-refractivity contribution in [1.29, 1.82) is 0 Å². The molecule has 0 amide bonds. The Bertz CT molecular complexity index is 452. The van der Waals surface area contributed by atoms with Crippen molar-refractivity contribution < 1.29 is 4.21 Å². The summed E-state index contributed by atoms with van der Waals surface area (Å²) >= 11 is 0. The molecule has 118 valence electrons. The molecule has 4 heteroatoms. The molecule has 1 unspecified atom stereocenters. The van der Waals surface area contributed by atoms with Crippen LogP contribution in [0.5, 0.6) is 0 Å². The molecule has 0 aliphatic carbocycles. The molecule has 0 heterocycles. The molecule has 1 atom stereocenters. The molecule has 1 N–H and O–H groups in total. The molecule has 0 bridgehead atoms. The zero-order valence-corrected chi connectivity index (χ0v) is 14.5. The minimum absolute atomic E-state index is 0.672. The average Bonchev–Trinajstić information content (AvgIpc) is 2.42. The van der Waals surface area contributed by atoms with E-state index in [9.17, 15) is 4.21 Å². The molecular formula is C17H28N2OS. The molecule has 0 fully saturated rings. The lowest BCUT2D eigenvalue weighted by atomic mass is 10.0. The molecule has 0 aliphatic rings. The van der Waals surface area contributed by atoms with Crippen molar-refractivity contribution in [2.45, 2.75) is 26.7 Å². The van der Waals surface area contributed by atoms with E-state index in [4.69, 9.17) is 0 Å². The van der Waals surface area contributed by atoms with Crippen LogP contribution in [0.2, 0.25) is 0 Å². The zero-order valence-electron chi connectivity index (χ0n) is 13.6. The summed E-state index contributed by atoms with van der Waals surface area (Å²) in [4.78, 5) is 2.12. The van der Waals surface area contributed by atoms with Crippen LogP contribution in [0.3, 0.4) is 0 Å². The van der Waals surface area contributed by atoms with E-state index in [1.54, 1.807) is 5.41 Å². The smallest absolute Gasteiger partial charge is 0.117 e. The van der Waals surface area contributed by atoms with Gasteiger partial charge in [0.15, 0.2) is 0 Å². The normalized spacial score (nSPS) is 13.4. The SMILES string of the molecule is CC(C)Cc1ccc(/C=C/S(=O)NCCCN(C)C)cc1. The molecule has 0 radical (unpaired) electrons. The summed E-state index contributed by atoms with van der Waals surface area (Å²) in [6.45, 7) is 6.21. The lowest BCUT2D eigenvalue weighted by molar-refractivity contribution is 0.401. The summed E-state index contributed by atoms with van der Waals surface area (Å²) in [5.74, 6) is 0.672. The van der Waals surface area contributed by atoms with Crippen LogP contribution in [0.1, 0.15) is 31.4 Å². The summed E-state index contributed by atoms with van der Waals surface area (Å²) in [5, 5.41) is 1.72. The second-order valence-corrected chi connectivity index (χ2v) is 7.15. The maximum Gasteiger partial charge on any atom is 0.117 e. The van der Waals surface area contributed by atoms with Crippen LogP contribution in [-0.2, 0) is 17.4 Å². The third kappa shape index (κ3) is 8.81. The van der Waals surface area contributed by atoms with Crippen LogP contribution in [0.4, 0.5) is 0 Å². The maximum absolute atomic E-state index is 11.8. The summed E-state index contributed by atoms with van der Waals surface area (Å²) in [7, 11) is 2.98. The number of benzene rings is 1. The van der Waals surface area contributed by atoms with Gasteiger partial charge in [-0.15, -0.1) is 0 Å². The molecule has 1 aromatic carbocycles. The number of nitrogens with zero attached hydrogens (tertiary/aromatic N) is 1. The van der Waals surface area contributed by atoms with Gasteiger partial charge in [0.2, 0.25) is 0 Å². The predicted octanol–water partition coefficient (Wildman–Crippen LogP) is 3.06. The molecule has 0 spiro atoms. The molecule has 1 rings (SSSR count). The van der Waals surface area contributed by atoms with Crippen molar-refractivity contribution in [3.63, 3.8) is 0 Å². The van der Waals surface area contributed by atoms with Gasteiger partial charge in [-0.1, -0.05) is 38.1 Å². The zero-order chi connectivity index (χ0) is 15.7. The lowest BCUT2D eigenvalue weighted by Crippen LogP contribution is -2.21. The minimum Gasteiger partial charge on any atom is -0.309 e. The fourth-order valence-electron chi connectivity index (χ4n) is 1.99. The third-order valence-electron chi connectivity index (χ3n) is 3.03. The second-order valence-electron chi connectivity index (χ2n) is 5.99. The molecule has 0 aromatic heterocycles. The number of hydrogen-bond donors (Lipinski definition) is 1. The van der Waals surface area contributed by atoms with E-state index >= 15 is 0 Å². The summed E-state index contributed by atoms with van der Waals surface area (Å²) in [5.41, 5.74) is 2.44. The van der Waals surface area contributed by atoms with Gasteiger partial charge in [-0.05, 0) is 56.6 Å². The van der Waals surface area contributed by atoms with E-state index in [1.807, 2.05) is 20.2 Å². The van der Waals surface area contributed by atoms with E-state index in [2.05, 4.69) is 47.7 Å². The van der Waals surface area contributed by atoms with Gasteiger partial charge < -0.3 is 4.90 Å². The Morgan fingerprint density at radius 3 is 2.48 bits per heavy atom. The Hall–Kier alpha value is -0.970. The lowest BCUT2D eigenvalue weighted by Gasteiger charge is -2.08. The molecule has 0 saturated carbocycles. The molecule has 0 saturated heterocycles. The monoisotopic (exact) mass is 308 g/mol. The minimum atomic E-state index is -1.10. The van der Waals surface area contributed by atoms with Crippen LogP contribution in [-0.4, -0.2) is 36.3 Å². The van der Waals surface area contributed by atoms with Crippen LogP contribution in [0.25, 0.3) is 6.08 Å². The summed E-state index contributed by atoms with van der Waals surface area (Å²) in [6, 6.07) is 8.45. The van der Waals surface area contributed by atoms with Gasteiger partial charge in [-0.25, -0.2) is 8.93 Å². The Morgan fingerprint density at radius 1 is 1.24 bits per heavy atom. The fourth-order valence-corrected chi connectivity index (χ4v) is 2.72. The molecule has 1 aromatic rings. The first-order chi connectivity index (χ1) is 9.97. The molecule has 0 aliphatic heterocycles. The highest BCUT2D eigenvalue weighted by atomic mass is 32.2. The number of hydrogen-bond acceptors (Lipinski definition) is 2. The number of nitrogens with one attached hydrogen (secondary N) is 1. The average molecular weight is 308 g/mol. The van der Waals surface area contributed by atoms with E-state index in [1.165, 1.54) is 5.56 Å². The highest BCUT2D eigenvalue weighted by Crippen LogP contribution is 2.10. The van der Waals surface area contributed by atoms with Crippen molar-refractivity contribution in [3.8, 4) is 0 Å². The highest BCUT2D eigenvalue weighted by Gasteiger charge is 1.98. The van der Waals surface area contributed by atoms with Gasteiger partial charge in [-0.2, -0.15) is 0 Å². The van der Waals surface area contributed by atoms with Crippen molar-refractivity contribution >= 4 is 17.1 Å². The van der Waals surface area contributed by atoms with Crippen molar-refractivity contribution in [1.82, 2.24) is 9.62 Å². The van der Waals surface area contributed by atoms with Gasteiger partial charge in [-0.3, -0.25) is 0 Å². The topological polar surface area (TPSA) is 32.3 Å². The highest BCUT2D eigenvalue weighted by molar-refractivity contribution is 7.86. The first kappa shape index (κ1) is 18.1. The number of rotatable bonds is 9. The predicted molar refractivity (Wildman–Crippen MR) is 93.3 cm³/mol. The quantitative estimate of drug-likeness (QED) is 0.711. The van der Waals surface area contributed by atoms with Gasteiger partial charge in [0, 0.05) is 12.0 Å². The van der Waals surface area contributed by atoms with Crippen molar-refractivity contribution in [3.05, 3.63) is 40.8 Å². The molecule has 21 heavy (non-hydrogen) atoms. The van der Waals surface area contributed by atoms with Crippen LogP contribution >= 0.6 is 0 Å². The van der Waals surface area contributed by atoms with Gasteiger partial charge in [0.05, 0.1) is 0 Å².